The Morgan fingerprint density at radius 1 is 0.636 bits per heavy atom. The van der Waals surface area contributed by atoms with Crippen molar-refractivity contribution in [1.82, 2.24) is 9.97 Å². The maximum absolute atomic E-state index is 6.46. The van der Waals surface area contributed by atoms with E-state index in [0.29, 0.717) is 0 Å². The molecule has 7 rings (SSSR count). The summed E-state index contributed by atoms with van der Waals surface area (Å²) in [6, 6.07) is 36.5. The number of pyridine rings is 2. The normalized spacial score (nSPS) is 12.0. The number of aromatic nitrogens is 2. The van der Waals surface area contributed by atoms with Crippen LogP contribution < -0.4 is 5.19 Å². The van der Waals surface area contributed by atoms with Crippen LogP contribution in [0.3, 0.4) is 0 Å². The molecule has 0 spiro atoms. The molecule has 0 bridgehead atoms. The Labute approximate surface area is 344 Å². The number of hydrogen-bond donors (Lipinski definition) is 0. The summed E-state index contributed by atoms with van der Waals surface area (Å²) in [5.41, 5.74) is 15.1. The third-order valence-corrected chi connectivity index (χ3v) is 11.7. The van der Waals surface area contributed by atoms with E-state index >= 15 is 0 Å². The van der Waals surface area contributed by atoms with Gasteiger partial charge in [-0.1, -0.05) is 137 Å². The predicted molar refractivity (Wildman–Crippen MR) is 233 cm³/mol. The fraction of sp³-hybridized carbons (Fsp3) is 0.320. The molecular formula is C50H56IrN2OSi-2. The van der Waals surface area contributed by atoms with Crippen molar-refractivity contribution < 1.29 is 24.5 Å². The summed E-state index contributed by atoms with van der Waals surface area (Å²) in [7, 11) is -1.37. The molecule has 0 N–H and O–H groups in total. The topological polar surface area (TPSA) is 38.9 Å². The molecule has 3 nitrogen and oxygen atoms in total. The van der Waals surface area contributed by atoms with Crippen molar-refractivity contribution in [3.8, 4) is 33.6 Å². The summed E-state index contributed by atoms with van der Waals surface area (Å²) >= 11 is 0. The zero-order valence-corrected chi connectivity index (χ0v) is 38.2. The molecule has 3 heterocycles. The number of aryl methyl sites for hydroxylation is 3. The molecule has 0 amide bonds. The molecule has 0 unspecified atom stereocenters. The second-order valence-corrected chi connectivity index (χ2v) is 23.5. The molecule has 0 saturated heterocycles. The SMILES string of the molecule is CC(C)(C)Cc1cc(-c2[c-]cccc2)ncc1[Si](C)(C)C.Cc1cc(C)cc(-c2ccc3c(c2)oc2c(-c4cc(CC(C)(C)C)c(C)cn4)[c-]ccc23)c1.[Ir]. The Hall–Kier alpha value is -4.15. The van der Waals surface area contributed by atoms with Gasteiger partial charge in [-0.15, -0.1) is 54.1 Å². The van der Waals surface area contributed by atoms with Gasteiger partial charge in [-0.3, -0.25) is 0 Å². The van der Waals surface area contributed by atoms with Gasteiger partial charge in [0.05, 0.1) is 13.7 Å². The van der Waals surface area contributed by atoms with Gasteiger partial charge in [0.25, 0.3) is 0 Å². The minimum atomic E-state index is -1.37. The zero-order valence-electron chi connectivity index (χ0n) is 34.8. The number of nitrogens with zero attached hydrogens (tertiary/aromatic N) is 2. The van der Waals surface area contributed by atoms with Crippen LogP contribution in [0.1, 0.15) is 69.4 Å². The first-order valence-electron chi connectivity index (χ1n) is 19.2. The van der Waals surface area contributed by atoms with Crippen LogP contribution >= 0.6 is 0 Å². The second kappa shape index (κ2) is 16.5. The van der Waals surface area contributed by atoms with E-state index in [2.05, 4.69) is 161 Å². The molecule has 0 atom stereocenters. The van der Waals surface area contributed by atoms with Gasteiger partial charge in [-0.25, -0.2) is 0 Å². The van der Waals surface area contributed by atoms with Gasteiger partial charge in [-0.2, -0.15) is 0 Å². The van der Waals surface area contributed by atoms with Crippen LogP contribution in [0, 0.1) is 43.7 Å². The second-order valence-electron chi connectivity index (χ2n) is 18.5. The first-order chi connectivity index (χ1) is 25.3. The van der Waals surface area contributed by atoms with Gasteiger partial charge >= 0.3 is 0 Å². The van der Waals surface area contributed by atoms with Gasteiger partial charge in [0.2, 0.25) is 0 Å². The van der Waals surface area contributed by atoms with Crippen molar-refractivity contribution >= 4 is 35.2 Å². The average Bonchev–Trinajstić information content (AvgIpc) is 3.46. The molecule has 5 heteroatoms. The van der Waals surface area contributed by atoms with E-state index in [-0.39, 0.29) is 30.9 Å². The van der Waals surface area contributed by atoms with E-state index in [0.717, 1.165) is 57.3 Å². The first kappa shape index (κ1) is 42.0. The van der Waals surface area contributed by atoms with E-state index in [1.54, 1.807) is 0 Å². The van der Waals surface area contributed by atoms with Crippen LogP contribution in [-0.4, -0.2) is 18.0 Å². The number of rotatable bonds is 6. The van der Waals surface area contributed by atoms with Crippen LogP contribution in [0.5, 0.6) is 0 Å². The van der Waals surface area contributed by atoms with Crippen molar-refractivity contribution in [1.29, 1.82) is 0 Å². The van der Waals surface area contributed by atoms with Gasteiger partial charge in [0, 0.05) is 37.9 Å². The molecule has 3 aromatic heterocycles. The summed E-state index contributed by atoms with van der Waals surface area (Å²) in [4.78, 5) is 9.46. The molecule has 4 aromatic carbocycles. The Bertz CT molecular complexity index is 2400. The minimum absolute atomic E-state index is 0. The number of fused-ring (bicyclic) bond motifs is 3. The Morgan fingerprint density at radius 3 is 1.93 bits per heavy atom. The van der Waals surface area contributed by atoms with E-state index in [1.807, 2.05) is 30.5 Å². The smallest absolute Gasteiger partial charge is 0.121 e. The van der Waals surface area contributed by atoms with E-state index in [4.69, 9.17) is 14.4 Å². The predicted octanol–water partition coefficient (Wildman–Crippen LogP) is 13.3. The molecular weight excluding hydrogens is 865 g/mol. The number of furan rings is 1. The van der Waals surface area contributed by atoms with E-state index in [9.17, 15) is 0 Å². The van der Waals surface area contributed by atoms with Crippen LogP contribution in [0.2, 0.25) is 19.6 Å². The van der Waals surface area contributed by atoms with Crippen LogP contribution in [-0.2, 0) is 32.9 Å². The molecule has 7 aromatic rings. The van der Waals surface area contributed by atoms with Crippen LogP contribution in [0.4, 0.5) is 0 Å². The zero-order chi connectivity index (χ0) is 39.0. The average molecular weight is 921 g/mol. The molecule has 0 aliphatic rings. The molecule has 0 aliphatic carbocycles. The summed E-state index contributed by atoms with van der Waals surface area (Å²) in [6.07, 6.45) is 6.19. The van der Waals surface area contributed by atoms with Crippen molar-refractivity contribution in [2.24, 2.45) is 10.8 Å². The summed E-state index contributed by atoms with van der Waals surface area (Å²) in [5, 5.41) is 3.71. The van der Waals surface area contributed by atoms with Gasteiger partial charge < -0.3 is 14.4 Å². The van der Waals surface area contributed by atoms with Gasteiger partial charge in [0.1, 0.15) is 5.58 Å². The van der Waals surface area contributed by atoms with Crippen LogP contribution in [0.25, 0.3) is 55.6 Å². The molecule has 0 aliphatic heterocycles. The largest absolute Gasteiger partial charge is 0.501 e. The molecule has 55 heavy (non-hydrogen) atoms. The Balaban J connectivity index is 0.000000229. The molecule has 0 fully saturated rings. The standard InChI is InChI=1S/C31H30NO.C19H26NSi.Ir/c1-19-12-20(2)14-23(13-19)22-10-11-25-26-8-7-9-27(30(26)33-29(25)16-22)28-15-24(17-31(4,5)6)21(3)18-32-28;1-19(2,3)13-16-12-17(15-10-8-7-9-11-15)20-14-18(16)21(4,5)6;/h7-8,10-16,18H,17H2,1-6H3;7-10,12,14H,13H2,1-6H3;/q2*-1;. The van der Waals surface area contributed by atoms with Crippen molar-refractivity contribution in [2.45, 2.75) is 94.8 Å². The summed E-state index contributed by atoms with van der Waals surface area (Å²) < 4.78 is 6.46. The fourth-order valence-electron chi connectivity index (χ4n) is 7.31. The maximum Gasteiger partial charge on any atom is 0.121 e. The van der Waals surface area contributed by atoms with Crippen LogP contribution in [0.15, 0.2) is 102 Å². The third kappa shape index (κ3) is 10.4. The number of benzene rings is 4. The Kier molecular flexibility index (Phi) is 12.6. The van der Waals surface area contributed by atoms with E-state index < -0.39 is 8.07 Å². The molecule has 1 radical (unpaired) electrons. The van der Waals surface area contributed by atoms with Gasteiger partial charge in [0.15, 0.2) is 0 Å². The van der Waals surface area contributed by atoms with Gasteiger partial charge in [-0.05, 0) is 83.8 Å². The van der Waals surface area contributed by atoms with Crippen molar-refractivity contribution in [3.63, 3.8) is 0 Å². The summed E-state index contributed by atoms with van der Waals surface area (Å²) in [5.74, 6) is 0. The number of hydrogen-bond acceptors (Lipinski definition) is 3. The quantitative estimate of drug-likeness (QED) is 0.123. The monoisotopic (exact) mass is 921 g/mol. The molecule has 287 valence electrons. The third-order valence-electron chi connectivity index (χ3n) is 9.68. The minimum Gasteiger partial charge on any atom is -0.501 e. The maximum atomic E-state index is 6.46. The first-order valence-corrected chi connectivity index (χ1v) is 22.7. The molecule has 0 saturated carbocycles. The fourth-order valence-corrected chi connectivity index (χ4v) is 8.88. The Morgan fingerprint density at radius 2 is 1.29 bits per heavy atom. The van der Waals surface area contributed by atoms with E-state index in [1.165, 1.54) is 44.1 Å². The summed E-state index contributed by atoms with van der Waals surface area (Å²) in [6.45, 7) is 27.3. The van der Waals surface area contributed by atoms with Crippen molar-refractivity contribution in [2.75, 3.05) is 0 Å². The van der Waals surface area contributed by atoms with Crippen molar-refractivity contribution in [3.05, 3.63) is 137 Å².